The van der Waals surface area contributed by atoms with Gasteiger partial charge in [0.2, 0.25) is 11.8 Å². The number of carbonyl (C=O) groups is 2. The third-order valence-electron chi connectivity index (χ3n) is 3.65. The first-order valence-corrected chi connectivity index (χ1v) is 8.58. The number of ether oxygens (including phenoxy) is 1. The van der Waals surface area contributed by atoms with E-state index >= 15 is 0 Å². The highest BCUT2D eigenvalue weighted by molar-refractivity contribution is 8.00. The molecule has 0 spiro atoms. The monoisotopic (exact) mass is 342 g/mol. The second-order valence-electron chi connectivity index (χ2n) is 5.38. The van der Waals surface area contributed by atoms with Crippen molar-refractivity contribution in [1.82, 2.24) is 0 Å². The standard InChI is InChI=1S/C18H18N2O3S/c1-2-23-14-8-6-13(7-9-14)20-17(21)11-16(18(20)22)24-15-5-3-4-12(19)10-15/h3-10,16H,2,11,19H2,1H3. The van der Waals surface area contributed by atoms with Crippen LogP contribution >= 0.6 is 11.8 Å². The first-order valence-electron chi connectivity index (χ1n) is 7.70. The number of thioether (sulfide) groups is 1. The van der Waals surface area contributed by atoms with Gasteiger partial charge in [0.05, 0.1) is 17.5 Å². The zero-order chi connectivity index (χ0) is 17.1. The molecular weight excluding hydrogens is 324 g/mol. The number of nitrogens with two attached hydrogens (primary N) is 1. The number of imide groups is 1. The van der Waals surface area contributed by atoms with Gasteiger partial charge in [-0.3, -0.25) is 9.59 Å². The van der Waals surface area contributed by atoms with Crippen LogP contribution in [0.25, 0.3) is 0 Å². The number of hydrogen-bond donors (Lipinski definition) is 1. The van der Waals surface area contributed by atoms with Gasteiger partial charge in [-0.1, -0.05) is 6.07 Å². The van der Waals surface area contributed by atoms with Crippen molar-refractivity contribution in [1.29, 1.82) is 0 Å². The average Bonchev–Trinajstić information content (AvgIpc) is 2.83. The van der Waals surface area contributed by atoms with E-state index < -0.39 is 5.25 Å². The van der Waals surface area contributed by atoms with Gasteiger partial charge in [0.25, 0.3) is 0 Å². The summed E-state index contributed by atoms with van der Waals surface area (Å²) in [5, 5.41) is -0.425. The minimum absolute atomic E-state index is 0.186. The van der Waals surface area contributed by atoms with Crippen molar-refractivity contribution in [2.45, 2.75) is 23.5 Å². The highest BCUT2D eigenvalue weighted by Crippen LogP contribution is 2.34. The molecule has 0 aliphatic carbocycles. The molecule has 0 bridgehead atoms. The molecule has 2 aromatic carbocycles. The molecule has 0 aromatic heterocycles. The fraction of sp³-hybridized carbons (Fsp3) is 0.222. The summed E-state index contributed by atoms with van der Waals surface area (Å²) in [5.41, 5.74) is 6.98. The number of benzene rings is 2. The van der Waals surface area contributed by atoms with Crippen LogP contribution in [-0.4, -0.2) is 23.7 Å². The Labute approximate surface area is 144 Å². The molecule has 5 nitrogen and oxygen atoms in total. The van der Waals surface area contributed by atoms with Crippen molar-refractivity contribution in [2.24, 2.45) is 0 Å². The number of carbonyl (C=O) groups excluding carboxylic acids is 2. The maximum Gasteiger partial charge on any atom is 0.247 e. The maximum atomic E-state index is 12.6. The van der Waals surface area contributed by atoms with E-state index in [9.17, 15) is 9.59 Å². The largest absolute Gasteiger partial charge is 0.494 e. The molecule has 0 radical (unpaired) electrons. The van der Waals surface area contributed by atoms with Gasteiger partial charge < -0.3 is 10.5 Å². The smallest absolute Gasteiger partial charge is 0.247 e. The number of hydrogen-bond acceptors (Lipinski definition) is 5. The predicted molar refractivity (Wildman–Crippen MR) is 95.2 cm³/mol. The van der Waals surface area contributed by atoms with Crippen molar-refractivity contribution < 1.29 is 14.3 Å². The Balaban J connectivity index is 1.76. The number of rotatable bonds is 5. The van der Waals surface area contributed by atoms with Crippen molar-refractivity contribution >= 4 is 35.0 Å². The van der Waals surface area contributed by atoms with Crippen LogP contribution in [0.15, 0.2) is 53.4 Å². The minimum Gasteiger partial charge on any atom is -0.494 e. The molecule has 6 heteroatoms. The van der Waals surface area contributed by atoms with E-state index in [1.165, 1.54) is 16.7 Å². The van der Waals surface area contributed by atoms with Crippen LogP contribution in [0.1, 0.15) is 13.3 Å². The third kappa shape index (κ3) is 3.38. The lowest BCUT2D eigenvalue weighted by Gasteiger charge is -2.15. The predicted octanol–water partition coefficient (Wildman–Crippen LogP) is 3.09. The SMILES string of the molecule is CCOc1ccc(N2C(=O)CC(Sc3cccc(N)c3)C2=O)cc1. The molecule has 2 aromatic rings. The van der Waals surface area contributed by atoms with E-state index in [-0.39, 0.29) is 18.2 Å². The van der Waals surface area contributed by atoms with Crippen LogP contribution in [-0.2, 0) is 9.59 Å². The molecule has 1 atom stereocenters. The Kier molecular flexibility index (Phi) is 4.76. The Morgan fingerprint density at radius 3 is 2.62 bits per heavy atom. The van der Waals surface area contributed by atoms with Gasteiger partial charge in [-0.05, 0) is 49.4 Å². The van der Waals surface area contributed by atoms with Crippen LogP contribution in [0.5, 0.6) is 5.75 Å². The molecule has 1 aliphatic heterocycles. The summed E-state index contributed by atoms with van der Waals surface area (Å²) in [5.74, 6) is 0.327. The summed E-state index contributed by atoms with van der Waals surface area (Å²) in [6, 6.07) is 14.3. The summed E-state index contributed by atoms with van der Waals surface area (Å²) >= 11 is 1.37. The van der Waals surface area contributed by atoms with E-state index in [4.69, 9.17) is 10.5 Å². The van der Waals surface area contributed by atoms with Crippen molar-refractivity contribution in [3.8, 4) is 5.75 Å². The molecular formula is C18H18N2O3S. The Morgan fingerprint density at radius 1 is 1.21 bits per heavy atom. The summed E-state index contributed by atoms with van der Waals surface area (Å²) in [4.78, 5) is 27.1. The Morgan fingerprint density at radius 2 is 1.96 bits per heavy atom. The topological polar surface area (TPSA) is 72.6 Å². The minimum atomic E-state index is -0.425. The molecule has 24 heavy (non-hydrogen) atoms. The second kappa shape index (κ2) is 6.97. The van der Waals surface area contributed by atoms with E-state index in [0.717, 1.165) is 4.90 Å². The molecule has 1 aliphatic rings. The van der Waals surface area contributed by atoms with Gasteiger partial charge in [-0.2, -0.15) is 0 Å². The first-order chi connectivity index (χ1) is 11.6. The molecule has 1 heterocycles. The molecule has 2 amide bonds. The zero-order valence-corrected chi connectivity index (χ0v) is 14.1. The number of amides is 2. The zero-order valence-electron chi connectivity index (χ0n) is 13.3. The van der Waals surface area contributed by atoms with Crippen molar-refractivity contribution in [2.75, 3.05) is 17.2 Å². The summed E-state index contributed by atoms with van der Waals surface area (Å²) in [6.45, 7) is 2.47. The van der Waals surface area contributed by atoms with Crippen molar-refractivity contribution in [3.63, 3.8) is 0 Å². The molecule has 124 valence electrons. The lowest BCUT2D eigenvalue weighted by atomic mass is 10.3. The number of nitrogen functional groups attached to an aromatic ring is 1. The number of anilines is 2. The first kappa shape index (κ1) is 16.4. The molecule has 0 saturated carbocycles. The Bertz CT molecular complexity index is 761. The summed E-state index contributed by atoms with van der Waals surface area (Å²) in [7, 11) is 0. The molecule has 1 saturated heterocycles. The average molecular weight is 342 g/mol. The van der Waals surface area contributed by atoms with Crippen LogP contribution in [0.2, 0.25) is 0 Å². The lowest BCUT2D eigenvalue weighted by molar-refractivity contribution is -0.121. The van der Waals surface area contributed by atoms with E-state index in [2.05, 4.69) is 0 Å². The number of nitrogens with zero attached hydrogens (tertiary/aromatic N) is 1. The normalized spacial score (nSPS) is 17.4. The summed E-state index contributed by atoms with van der Waals surface area (Å²) < 4.78 is 5.38. The van der Waals surface area contributed by atoms with Gasteiger partial charge in [0, 0.05) is 17.0 Å². The van der Waals surface area contributed by atoms with Crippen molar-refractivity contribution in [3.05, 3.63) is 48.5 Å². The van der Waals surface area contributed by atoms with Crippen LogP contribution < -0.4 is 15.4 Å². The fourth-order valence-corrected chi connectivity index (χ4v) is 3.70. The van der Waals surface area contributed by atoms with Gasteiger partial charge >= 0.3 is 0 Å². The van der Waals surface area contributed by atoms with E-state index in [0.29, 0.717) is 23.7 Å². The summed E-state index contributed by atoms with van der Waals surface area (Å²) in [6.07, 6.45) is 0.186. The van der Waals surface area contributed by atoms with Crippen LogP contribution in [0.4, 0.5) is 11.4 Å². The fourth-order valence-electron chi connectivity index (χ4n) is 2.58. The van der Waals surface area contributed by atoms with E-state index in [1.54, 1.807) is 30.3 Å². The third-order valence-corrected chi connectivity index (χ3v) is 4.83. The van der Waals surface area contributed by atoms with Crippen LogP contribution in [0, 0.1) is 0 Å². The van der Waals surface area contributed by atoms with E-state index in [1.807, 2.05) is 25.1 Å². The molecule has 3 rings (SSSR count). The van der Waals surface area contributed by atoms with Gasteiger partial charge in [0.15, 0.2) is 0 Å². The molecule has 1 unspecified atom stereocenters. The van der Waals surface area contributed by atoms with Gasteiger partial charge in [-0.15, -0.1) is 11.8 Å². The second-order valence-corrected chi connectivity index (χ2v) is 6.65. The highest BCUT2D eigenvalue weighted by atomic mass is 32.2. The Hall–Kier alpha value is -2.47. The lowest BCUT2D eigenvalue weighted by Crippen LogP contribution is -2.31. The highest BCUT2D eigenvalue weighted by Gasteiger charge is 2.40. The van der Waals surface area contributed by atoms with Gasteiger partial charge in [-0.25, -0.2) is 4.90 Å². The van der Waals surface area contributed by atoms with Gasteiger partial charge in [0.1, 0.15) is 5.75 Å². The molecule has 2 N–H and O–H groups in total. The quantitative estimate of drug-likeness (QED) is 0.668. The maximum absolute atomic E-state index is 12.6. The van der Waals surface area contributed by atoms with Crippen LogP contribution in [0.3, 0.4) is 0 Å². The molecule has 1 fully saturated rings.